The Morgan fingerprint density at radius 2 is 2.16 bits per heavy atom. The summed E-state index contributed by atoms with van der Waals surface area (Å²) in [6.45, 7) is 6.72. The van der Waals surface area contributed by atoms with Crippen molar-refractivity contribution in [2.45, 2.75) is 63.7 Å². The van der Waals surface area contributed by atoms with Crippen LogP contribution in [-0.2, 0) is 14.3 Å². The molecule has 0 saturated carbocycles. The van der Waals surface area contributed by atoms with E-state index in [0.29, 0.717) is 19.6 Å². The van der Waals surface area contributed by atoms with E-state index < -0.39 is 17.2 Å². The van der Waals surface area contributed by atoms with E-state index in [0.717, 1.165) is 25.5 Å². The van der Waals surface area contributed by atoms with Gasteiger partial charge < -0.3 is 14.3 Å². The van der Waals surface area contributed by atoms with Crippen LogP contribution in [0.15, 0.2) is 0 Å². The molecule has 2 aliphatic rings. The fraction of sp³-hybridized carbons (Fsp3) is 0.857. The van der Waals surface area contributed by atoms with Gasteiger partial charge in [0.15, 0.2) is 0 Å². The Balaban J connectivity index is 2.18. The predicted octanol–water partition coefficient (Wildman–Crippen LogP) is 2.13. The molecule has 2 unspecified atom stereocenters. The van der Waals surface area contributed by atoms with Gasteiger partial charge in [0.05, 0.1) is 6.10 Å². The van der Waals surface area contributed by atoms with E-state index in [1.54, 1.807) is 4.90 Å². The van der Waals surface area contributed by atoms with Crippen molar-refractivity contribution in [3.8, 4) is 0 Å². The minimum atomic E-state index is -0.821. The Labute approximate surface area is 114 Å². The molecular weight excluding hydrogens is 246 g/mol. The molecule has 2 saturated heterocycles. The van der Waals surface area contributed by atoms with Crippen LogP contribution in [0.4, 0.5) is 4.79 Å². The SMILES string of the molecule is CC(C)(C)OC(=O)N1CCCC1(C=O)C1CCCO1. The van der Waals surface area contributed by atoms with Gasteiger partial charge in [-0.2, -0.15) is 0 Å². The van der Waals surface area contributed by atoms with Gasteiger partial charge in [-0.3, -0.25) is 4.90 Å². The van der Waals surface area contributed by atoms with Crippen LogP contribution in [0.5, 0.6) is 0 Å². The molecule has 2 heterocycles. The number of carbonyl (C=O) groups excluding carboxylic acids is 2. The van der Waals surface area contributed by atoms with Gasteiger partial charge in [0, 0.05) is 13.2 Å². The summed E-state index contributed by atoms with van der Waals surface area (Å²) in [5.74, 6) is 0. The topological polar surface area (TPSA) is 55.8 Å². The highest BCUT2D eigenvalue weighted by Gasteiger charge is 2.52. The molecule has 2 fully saturated rings. The number of carbonyl (C=O) groups is 2. The van der Waals surface area contributed by atoms with Crippen molar-refractivity contribution in [2.24, 2.45) is 0 Å². The standard InChI is InChI=1S/C14H23NO4/c1-13(2,3)19-12(17)15-8-5-7-14(15,10-16)11-6-4-9-18-11/h10-11H,4-9H2,1-3H3. The van der Waals surface area contributed by atoms with Crippen LogP contribution in [0, 0.1) is 0 Å². The zero-order valence-corrected chi connectivity index (χ0v) is 12.0. The van der Waals surface area contributed by atoms with Gasteiger partial charge in [-0.05, 0) is 46.5 Å². The van der Waals surface area contributed by atoms with E-state index in [1.165, 1.54) is 0 Å². The number of hydrogen-bond donors (Lipinski definition) is 0. The summed E-state index contributed by atoms with van der Waals surface area (Å²) in [4.78, 5) is 25.5. The highest BCUT2D eigenvalue weighted by atomic mass is 16.6. The largest absolute Gasteiger partial charge is 0.444 e. The third-order valence-corrected chi connectivity index (χ3v) is 3.77. The molecule has 0 spiro atoms. The summed E-state index contributed by atoms with van der Waals surface area (Å²) in [5, 5.41) is 0. The molecule has 0 aliphatic carbocycles. The summed E-state index contributed by atoms with van der Waals surface area (Å²) >= 11 is 0. The van der Waals surface area contributed by atoms with Gasteiger partial charge in [0.2, 0.25) is 0 Å². The Kier molecular flexibility index (Phi) is 3.85. The lowest BCUT2D eigenvalue weighted by atomic mass is 9.89. The number of ether oxygens (including phenoxy) is 2. The number of likely N-dealkylation sites (tertiary alicyclic amines) is 1. The molecular formula is C14H23NO4. The average molecular weight is 269 g/mol. The van der Waals surface area contributed by atoms with Crippen molar-refractivity contribution in [3.05, 3.63) is 0 Å². The fourth-order valence-electron chi connectivity index (χ4n) is 2.95. The van der Waals surface area contributed by atoms with E-state index in [2.05, 4.69) is 0 Å². The summed E-state index contributed by atoms with van der Waals surface area (Å²) in [5.41, 5.74) is -1.37. The van der Waals surface area contributed by atoms with Gasteiger partial charge in [-0.15, -0.1) is 0 Å². The molecule has 0 aromatic heterocycles. The third-order valence-electron chi connectivity index (χ3n) is 3.77. The Hall–Kier alpha value is -1.10. The van der Waals surface area contributed by atoms with Crippen molar-refractivity contribution in [2.75, 3.05) is 13.2 Å². The van der Waals surface area contributed by atoms with E-state index in [1.807, 2.05) is 20.8 Å². The second-order valence-electron chi connectivity index (χ2n) is 6.35. The third kappa shape index (κ3) is 2.76. The van der Waals surface area contributed by atoms with Crippen LogP contribution in [0.25, 0.3) is 0 Å². The normalized spacial score (nSPS) is 31.5. The van der Waals surface area contributed by atoms with Crippen LogP contribution in [-0.4, -0.2) is 47.7 Å². The molecule has 108 valence electrons. The number of nitrogens with zero attached hydrogens (tertiary/aromatic N) is 1. The maximum absolute atomic E-state index is 12.3. The second-order valence-corrected chi connectivity index (χ2v) is 6.35. The van der Waals surface area contributed by atoms with E-state index in [-0.39, 0.29) is 6.10 Å². The summed E-state index contributed by atoms with van der Waals surface area (Å²) in [6.07, 6.45) is 3.56. The van der Waals surface area contributed by atoms with E-state index in [4.69, 9.17) is 9.47 Å². The Morgan fingerprint density at radius 3 is 2.68 bits per heavy atom. The molecule has 0 N–H and O–H groups in total. The average Bonchev–Trinajstić information content (AvgIpc) is 2.96. The molecule has 2 atom stereocenters. The number of amides is 1. The lowest BCUT2D eigenvalue weighted by Gasteiger charge is -2.38. The van der Waals surface area contributed by atoms with Crippen LogP contribution in [0.3, 0.4) is 0 Å². The molecule has 19 heavy (non-hydrogen) atoms. The summed E-state index contributed by atoms with van der Waals surface area (Å²) in [7, 11) is 0. The number of hydrogen-bond acceptors (Lipinski definition) is 4. The van der Waals surface area contributed by atoms with Gasteiger partial charge in [-0.1, -0.05) is 0 Å². The van der Waals surface area contributed by atoms with Crippen molar-refractivity contribution in [1.29, 1.82) is 0 Å². The molecule has 2 rings (SSSR count). The lowest BCUT2D eigenvalue weighted by Crippen LogP contribution is -2.57. The van der Waals surface area contributed by atoms with E-state index in [9.17, 15) is 9.59 Å². The van der Waals surface area contributed by atoms with Crippen molar-refractivity contribution in [1.82, 2.24) is 4.90 Å². The maximum atomic E-state index is 12.3. The molecule has 2 aliphatic heterocycles. The smallest absolute Gasteiger partial charge is 0.411 e. The quantitative estimate of drug-likeness (QED) is 0.721. The first-order valence-electron chi connectivity index (χ1n) is 6.98. The Morgan fingerprint density at radius 1 is 1.42 bits per heavy atom. The first kappa shape index (κ1) is 14.3. The summed E-state index contributed by atoms with van der Waals surface area (Å²) in [6, 6.07) is 0. The van der Waals surface area contributed by atoms with Crippen LogP contribution in [0.2, 0.25) is 0 Å². The Bertz CT molecular complexity index is 357. The number of aldehydes is 1. The van der Waals surface area contributed by atoms with Gasteiger partial charge in [-0.25, -0.2) is 4.79 Å². The first-order chi connectivity index (χ1) is 8.89. The molecule has 0 aromatic carbocycles. The van der Waals surface area contributed by atoms with Crippen LogP contribution >= 0.6 is 0 Å². The lowest BCUT2D eigenvalue weighted by molar-refractivity contribution is -0.125. The monoisotopic (exact) mass is 269 g/mol. The zero-order valence-electron chi connectivity index (χ0n) is 12.0. The van der Waals surface area contributed by atoms with Crippen molar-refractivity contribution < 1.29 is 19.1 Å². The zero-order chi connectivity index (χ0) is 14.1. The van der Waals surface area contributed by atoms with Crippen LogP contribution < -0.4 is 0 Å². The highest BCUT2D eigenvalue weighted by molar-refractivity contribution is 5.78. The number of rotatable bonds is 2. The van der Waals surface area contributed by atoms with Crippen molar-refractivity contribution >= 4 is 12.4 Å². The highest BCUT2D eigenvalue weighted by Crippen LogP contribution is 2.37. The van der Waals surface area contributed by atoms with Gasteiger partial charge in [0.25, 0.3) is 0 Å². The molecule has 5 heteroatoms. The molecule has 0 aromatic rings. The second kappa shape index (κ2) is 5.12. The van der Waals surface area contributed by atoms with Gasteiger partial charge in [0.1, 0.15) is 17.4 Å². The molecule has 0 radical (unpaired) electrons. The van der Waals surface area contributed by atoms with E-state index >= 15 is 0 Å². The minimum absolute atomic E-state index is 0.181. The van der Waals surface area contributed by atoms with Crippen LogP contribution in [0.1, 0.15) is 46.5 Å². The fourth-order valence-corrected chi connectivity index (χ4v) is 2.95. The van der Waals surface area contributed by atoms with Gasteiger partial charge >= 0.3 is 6.09 Å². The predicted molar refractivity (Wildman–Crippen MR) is 69.9 cm³/mol. The molecule has 1 amide bonds. The molecule has 5 nitrogen and oxygen atoms in total. The minimum Gasteiger partial charge on any atom is -0.444 e. The van der Waals surface area contributed by atoms with Crippen molar-refractivity contribution in [3.63, 3.8) is 0 Å². The first-order valence-corrected chi connectivity index (χ1v) is 6.98. The molecule has 0 bridgehead atoms. The maximum Gasteiger partial charge on any atom is 0.411 e. The summed E-state index contributed by atoms with van der Waals surface area (Å²) < 4.78 is 11.1.